The van der Waals surface area contributed by atoms with E-state index in [-0.39, 0.29) is 18.4 Å². The maximum atomic E-state index is 13.4. The van der Waals surface area contributed by atoms with Gasteiger partial charge in [-0.05, 0) is 74.4 Å². The molecule has 0 fully saturated rings. The van der Waals surface area contributed by atoms with Crippen LogP contribution >= 0.6 is 0 Å². The van der Waals surface area contributed by atoms with Gasteiger partial charge in [0, 0.05) is 13.1 Å². The van der Waals surface area contributed by atoms with Crippen molar-refractivity contribution in [3.8, 4) is 5.75 Å². The number of nitrogens with zero attached hydrogens (tertiary/aromatic N) is 1. The molecule has 5 heteroatoms. The van der Waals surface area contributed by atoms with E-state index in [1.54, 1.807) is 4.90 Å². The van der Waals surface area contributed by atoms with Crippen molar-refractivity contribution in [2.45, 2.75) is 73.4 Å². The highest BCUT2D eigenvalue weighted by Crippen LogP contribution is 2.24. The largest absolute Gasteiger partial charge is 0.483 e. The molecule has 0 heterocycles. The zero-order valence-corrected chi connectivity index (χ0v) is 20.5. The molecule has 0 aliphatic carbocycles. The molecule has 32 heavy (non-hydrogen) atoms. The number of hydrogen-bond donors (Lipinski definition) is 1. The summed E-state index contributed by atoms with van der Waals surface area (Å²) in [4.78, 5) is 28.0. The summed E-state index contributed by atoms with van der Waals surface area (Å²) in [5.74, 6) is 0.418. The minimum atomic E-state index is -0.539. The third-order valence-electron chi connectivity index (χ3n) is 5.93. The van der Waals surface area contributed by atoms with Gasteiger partial charge in [-0.3, -0.25) is 9.59 Å². The number of ether oxygens (including phenoxy) is 1. The number of unbranched alkanes of at least 4 members (excludes halogenated alkanes) is 1. The minimum absolute atomic E-state index is 0.103. The fourth-order valence-corrected chi connectivity index (χ4v) is 3.77. The molecule has 1 N–H and O–H groups in total. The first-order chi connectivity index (χ1) is 15.3. The van der Waals surface area contributed by atoms with Crippen molar-refractivity contribution in [3.05, 3.63) is 64.2 Å². The molecule has 2 aromatic rings. The molecule has 1 unspecified atom stereocenters. The third kappa shape index (κ3) is 6.84. The van der Waals surface area contributed by atoms with Gasteiger partial charge >= 0.3 is 0 Å². The van der Waals surface area contributed by atoms with Gasteiger partial charge in [0.1, 0.15) is 11.8 Å². The van der Waals surface area contributed by atoms with Crippen LogP contribution in [0.15, 0.2) is 36.4 Å². The van der Waals surface area contributed by atoms with Crippen molar-refractivity contribution < 1.29 is 14.3 Å². The van der Waals surface area contributed by atoms with E-state index < -0.39 is 6.04 Å². The summed E-state index contributed by atoms with van der Waals surface area (Å²) in [5.41, 5.74) is 5.37. The average Bonchev–Trinajstić information content (AvgIpc) is 2.76. The van der Waals surface area contributed by atoms with Gasteiger partial charge in [-0.2, -0.15) is 0 Å². The van der Waals surface area contributed by atoms with Crippen LogP contribution in [0, 0.1) is 27.7 Å². The van der Waals surface area contributed by atoms with Crippen LogP contribution in [0.2, 0.25) is 0 Å². The fourth-order valence-electron chi connectivity index (χ4n) is 3.77. The Hall–Kier alpha value is -2.82. The van der Waals surface area contributed by atoms with Crippen molar-refractivity contribution in [2.75, 3.05) is 13.2 Å². The van der Waals surface area contributed by atoms with E-state index in [0.717, 1.165) is 40.7 Å². The van der Waals surface area contributed by atoms with Crippen molar-refractivity contribution in [1.29, 1.82) is 0 Å². The molecule has 2 amide bonds. The first-order valence-corrected chi connectivity index (χ1v) is 11.6. The molecule has 174 valence electrons. The molecule has 0 radical (unpaired) electrons. The lowest BCUT2D eigenvalue weighted by molar-refractivity contribution is -0.143. The maximum absolute atomic E-state index is 13.4. The molecular formula is C27H38N2O3. The lowest BCUT2D eigenvalue weighted by Gasteiger charge is -2.31. The van der Waals surface area contributed by atoms with E-state index >= 15 is 0 Å². The number of rotatable bonds is 11. The van der Waals surface area contributed by atoms with Crippen LogP contribution in [0.25, 0.3) is 0 Å². The Morgan fingerprint density at radius 3 is 2.41 bits per heavy atom. The zero-order valence-electron chi connectivity index (χ0n) is 20.5. The second-order valence-corrected chi connectivity index (χ2v) is 8.51. The first kappa shape index (κ1) is 25.4. The smallest absolute Gasteiger partial charge is 0.261 e. The Bertz CT molecular complexity index is 923. The molecule has 0 spiro atoms. The molecule has 0 bridgehead atoms. The number of amides is 2. The molecule has 0 saturated carbocycles. The Labute approximate surface area is 193 Å². The average molecular weight is 439 g/mol. The minimum Gasteiger partial charge on any atom is -0.483 e. The van der Waals surface area contributed by atoms with Gasteiger partial charge in [0.25, 0.3) is 5.91 Å². The molecule has 0 aromatic heterocycles. The summed E-state index contributed by atoms with van der Waals surface area (Å²) in [5, 5.41) is 2.99. The third-order valence-corrected chi connectivity index (χ3v) is 5.93. The monoisotopic (exact) mass is 438 g/mol. The molecule has 0 aliphatic heterocycles. The molecule has 2 rings (SSSR count). The van der Waals surface area contributed by atoms with E-state index in [4.69, 9.17) is 4.74 Å². The van der Waals surface area contributed by atoms with Crippen LogP contribution in [-0.4, -0.2) is 35.9 Å². The van der Waals surface area contributed by atoms with Gasteiger partial charge in [-0.1, -0.05) is 50.6 Å². The summed E-state index contributed by atoms with van der Waals surface area (Å²) in [6.07, 6.45) is 2.47. The normalized spacial score (nSPS) is 11.7. The lowest BCUT2D eigenvalue weighted by Crippen LogP contribution is -2.50. The molecule has 0 saturated heterocycles. The number of carbonyl (C=O) groups is 2. The number of benzene rings is 2. The summed E-state index contributed by atoms with van der Waals surface area (Å²) in [7, 11) is 0. The van der Waals surface area contributed by atoms with Gasteiger partial charge in [0.05, 0.1) is 0 Å². The standard InChI is InChI=1S/C27H38N2O3/c1-7-9-14-28-27(31)24(8-2)29(17-23-13-11-10-12-20(23)4)26(30)18-32-25-16-19(3)15-21(5)22(25)6/h10-13,15-16,24H,7-9,14,17-18H2,1-6H3,(H,28,31). The van der Waals surface area contributed by atoms with E-state index in [9.17, 15) is 9.59 Å². The Morgan fingerprint density at radius 2 is 1.75 bits per heavy atom. The summed E-state index contributed by atoms with van der Waals surface area (Å²) in [6.45, 7) is 13.0. The number of carbonyl (C=O) groups excluding carboxylic acids is 2. The molecule has 0 aliphatic rings. The van der Waals surface area contributed by atoms with Crippen LogP contribution in [0.1, 0.15) is 60.9 Å². The topological polar surface area (TPSA) is 58.6 Å². The summed E-state index contributed by atoms with van der Waals surface area (Å²) < 4.78 is 5.96. The molecule has 5 nitrogen and oxygen atoms in total. The van der Waals surface area contributed by atoms with E-state index in [1.165, 1.54) is 0 Å². The van der Waals surface area contributed by atoms with E-state index in [0.29, 0.717) is 25.3 Å². The molecule has 1 atom stereocenters. The second-order valence-electron chi connectivity index (χ2n) is 8.51. The van der Waals surface area contributed by atoms with E-state index in [2.05, 4.69) is 18.3 Å². The van der Waals surface area contributed by atoms with Gasteiger partial charge in [-0.25, -0.2) is 0 Å². The first-order valence-electron chi connectivity index (χ1n) is 11.6. The predicted molar refractivity (Wildman–Crippen MR) is 130 cm³/mol. The zero-order chi connectivity index (χ0) is 23.7. The predicted octanol–water partition coefficient (Wildman–Crippen LogP) is 5.02. The Morgan fingerprint density at radius 1 is 1.03 bits per heavy atom. The van der Waals surface area contributed by atoms with Crippen molar-refractivity contribution in [2.24, 2.45) is 0 Å². The number of hydrogen-bond acceptors (Lipinski definition) is 3. The van der Waals surface area contributed by atoms with Gasteiger partial charge in [0.2, 0.25) is 5.91 Å². The van der Waals surface area contributed by atoms with Crippen LogP contribution in [0.3, 0.4) is 0 Å². The molecule has 2 aromatic carbocycles. The highest BCUT2D eigenvalue weighted by molar-refractivity contribution is 5.88. The van der Waals surface area contributed by atoms with Gasteiger partial charge in [-0.15, -0.1) is 0 Å². The van der Waals surface area contributed by atoms with Crippen molar-refractivity contribution in [3.63, 3.8) is 0 Å². The molecular weight excluding hydrogens is 400 g/mol. The van der Waals surface area contributed by atoms with Crippen molar-refractivity contribution in [1.82, 2.24) is 10.2 Å². The fraction of sp³-hybridized carbons (Fsp3) is 0.481. The Balaban J connectivity index is 2.25. The van der Waals surface area contributed by atoms with Crippen molar-refractivity contribution >= 4 is 11.8 Å². The second kappa shape index (κ2) is 12.3. The maximum Gasteiger partial charge on any atom is 0.261 e. The Kier molecular flexibility index (Phi) is 9.76. The SMILES string of the molecule is CCCCNC(=O)C(CC)N(Cc1ccccc1C)C(=O)COc1cc(C)cc(C)c1C. The number of aryl methyl sites for hydroxylation is 3. The van der Waals surface area contributed by atoms with E-state index in [1.807, 2.05) is 65.0 Å². The van der Waals surface area contributed by atoms with Crippen LogP contribution in [0.5, 0.6) is 5.75 Å². The van der Waals surface area contributed by atoms with Gasteiger partial charge in [0.15, 0.2) is 6.61 Å². The summed E-state index contributed by atoms with van der Waals surface area (Å²) >= 11 is 0. The number of nitrogens with one attached hydrogen (secondary N) is 1. The highest BCUT2D eigenvalue weighted by atomic mass is 16.5. The van der Waals surface area contributed by atoms with Crippen LogP contribution in [-0.2, 0) is 16.1 Å². The van der Waals surface area contributed by atoms with Gasteiger partial charge < -0.3 is 15.0 Å². The summed E-state index contributed by atoms with van der Waals surface area (Å²) in [6, 6.07) is 11.5. The van der Waals surface area contributed by atoms with Crippen LogP contribution in [0.4, 0.5) is 0 Å². The quantitative estimate of drug-likeness (QED) is 0.501. The van der Waals surface area contributed by atoms with Crippen LogP contribution < -0.4 is 10.1 Å². The lowest BCUT2D eigenvalue weighted by atomic mass is 10.1. The highest BCUT2D eigenvalue weighted by Gasteiger charge is 2.29.